The lowest BCUT2D eigenvalue weighted by Crippen LogP contribution is -2.03. The lowest BCUT2D eigenvalue weighted by atomic mass is 10.0. The molecule has 1 aliphatic rings. The van der Waals surface area contributed by atoms with E-state index in [9.17, 15) is 0 Å². The van der Waals surface area contributed by atoms with Crippen LogP contribution in [0.1, 0.15) is 25.3 Å². The zero-order chi connectivity index (χ0) is 9.26. The molecule has 1 aromatic carbocycles. The first kappa shape index (κ1) is 8.17. The summed E-state index contributed by atoms with van der Waals surface area (Å²) in [6.07, 6.45) is 3.81. The van der Waals surface area contributed by atoms with Crippen LogP contribution in [-0.4, -0.2) is 0 Å². The fourth-order valence-electron chi connectivity index (χ4n) is 1.43. The largest absolute Gasteiger partial charge is 0.359 e. The average Bonchev–Trinajstić information content (AvgIpc) is 2.17. The van der Waals surface area contributed by atoms with Gasteiger partial charge in [0.05, 0.1) is 11.4 Å². The van der Waals surface area contributed by atoms with Crippen LogP contribution in [0.3, 0.4) is 0 Å². The summed E-state index contributed by atoms with van der Waals surface area (Å²) in [7, 11) is 0. The first-order valence-electron chi connectivity index (χ1n) is 4.59. The minimum Gasteiger partial charge on any atom is -0.359 e. The highest BCUT2D eigenvalue weighted by Crippen LogP contribution is 2.28. The molecule has 0 unspecified atom stereocenters. The van der Waals surface area contributed by atoms with Crippen molar-refractivity contribution >= 4 is 11.4 Å². The van der Waals surface area contributed by atoms with Crippen molar-refractivity contribution in [3.8, 4) is 0 Å². The number of rotatable bonds is 1. The SMILES string of the molecule is CC(C)c1ccc2c(c1)NC=CN2. The van der Waals surface area contributed by atoms with Crippen LogP contribution in [0.5, 0.6) is 0 Å². The van der Waals surface area contributed by atoms with Gasteiger partial charge >= 0.3 is 0 Å². The van der Waals surface area contributed by atoms with Gasteiger partial charge in [0, 0.05) is 12.4 Å². The summed E-state index contributed by atoms with van der Waals surface area (Å²) in [4.78, 5) is 0. The van der Waals surface area contributed by atoms with Gasteiger partial charge in [0.1, 0.15) is 0 Å². The molecule has 0 amide bonds. The highest BCUT2D eigenvalue weighted by molar-refractivity contribution is 5.73. The summed E-state index contributed by atoms with van der Waals surface area (Å²) in [5.41, 5.74) is 3.67. The zero-order valence-corrected chi connectivity index (χ0v) is 7.96. The smallest absolute Gasteiger partial charge is 0.0622 e. The molecular weight excluding hydrogens is 160 g/mol. The number of hydrogen-bond acceptors (Lipinski definition) is 2. The van der Waals surface area contributed by atoms with Gasteiger partial charge in [0.25, 0.3) is 0 Å². The molecule has 2 nitrogen and oxygen atoms in total. The van der Waals surface area contributed by atoms with Crippen molar-refractivity contribution in [3.63, 3.8) is 0 Å². The second-order valence-corrected chi connectivity index (χ2v) is 3.58. The van der Waals surface area contributed by atoms with Crippen molar-refractivity contribution < 1.29 is 0 Å². The minimum absolute atomic E-state index is 0.581. The van der Waals surface area contributed by atoms with Gasteiger partial charge in [-0.15, -0.1) is 0 Å². The maximum absolute atomic E-state index is 3.21. The van der Waals surface area contributed by atoms with E-state index < -0.39 is 0 Å². The molecule has 0 fully saturated rings. The Labute approximate surface area is 78.7 Å². The summed E-state index contributed by atoms with van der Waals surface area (Å²) in [5, 5.41) is 6.40. The third kappa shape index (κ3) is 1.52. The minimum atomic E-state index is 0.581. The molecular formula is C11H14N2. The molecule has 0 spiro atoms. The number of hydrogen-bond donors (Lipinski definition) is 2. The molecule has 1 aromatic rings. The van der Waals surface area contributed by atoms with Gasteiger partial charge in [-0.1, -0.05) is 19.9 Å². The molecule has 0 radical (unpaired) electrons. The molecule has 68 valence electrons. The van der Waals surface area contributed by atoms with E-state index >= 15 is 0 Å². The standard InChI is InChI=1S/C11H14N2/c1-8(2)9-3-4-10-11(7-9)13-6-5-12-10/h3-8,12-13H,1-2H3. The molecule has 13 heavy (non-hydrogen) atoms. The highest BCUT2D eigenvalue weighted by atomic mass is 15.0. The Morgan fingerprint density at radius 3 is 2.38 bits per heavy atom. The number of fused-ring (bicyclic) bond motifs is 1. The molecule has 1 aliphatic heterocycles. The van der Waals surface area contributed by atoms with E-state index in [4.69, 9.17) is 0 Å². The molecule has 1 heterocycles. The van der Waals surface area contributed by atoms with Gasteiger partial charge in [-0.3, -0.25) is 0 Å². The second kappa shape index (κ2) is 3.13. The molecule has 0 aromatic heterocycles. The van der Waals surface area contributed by atoms with Crippen molar-refractivity contribution in [1.29, 1.82) is 0 Å². The predicted octanol–water partition coefficient (Wildman–Crippen LogP) is 3.12. The second-order valence-electron chi connectivity index (χ2n) is 3.58. The maximum atomic E-state index is 3.21. The highest BCUT2D eigenvalue weighted by Gasteiger charge is 2.06. The Hall–Kier alpha value is -1.44. The Bertz CT molecular complexity index is 340. The fourth-order valence-corrected chi connectivity index (χ4v) is 1.43. The van der Waals surface area contributed by atoms with E-state index in [0.717, 1.165) is 11.4 Å². The van der Waals surface area contributed by atoms with Crippen molar-refractivity contribution in [2.45, 2.75) is 19.8 Å². The van der Waals surface area contributed by atoms with Crippen LogP contribution in [0.4, 0.5) is 11.4 Å². The van der Waals surface area contributed by atoms with Crippen molar-refractivity contribution in [3.05, 3.63) is 36.2 Å². The number of nitrogens with one attached hydrogen (secondary N) is 2. The van der Waals surface area contributed by atoms with Gasteiger partial charge in [-0.2, -0.15) is 0 Å². The van der Waals surface area contributed by atoms with E-state index in [1.165, 1.54) is 5.56 Å². The van der Waals surface area contributed by atoms with E-state index in [2.05, 4.69) is 42.7 Å². The molecule has 2 N–H and O–H groups in total. The molecule has 2 heteroatoms. The van der Waals surface area contributed by atoms with Crippen LogP contribution in [0.25, 0.3) is 0 Å². The summed E-state index contributed by atoms with van der Waals surface area (Å²) in [5.74, 6) is 0.581. The maximum Gasteiger partial charge on any atom is 0.0622 e. The molecule has 0 bridgehead atoms. The summed E-state index contributed by atoms with van der Waals surface area (Å²) in [6.45, 7) is 4.40. The van der Waals surface area contributed by atoms with Gasteiger partial charge in [0.15, 0.2) is 0 Å². The third-order valence-electron chi connectivity index (χ3n) is 2.27. The molecule has 0 aliphatic carbocycles. The van der Waals surface area contributed by atoms with Crippen LogP contribution < -0.4 is 10.6 Å². The zero-order valence-electron chi connectivity index (χ0n) is 7.96. The van der Waals surface area contributed by atoms with Crippen molar-refractivity contribution in [2.75, 3.05) is 10.6 Å². The van der Waals surface area contributed by atoms with E-state index in [0.29, 0.717) is 5.92 Å². The summed E-state index contributed by atoms with van der Waals surface area (Å²) in [6, 6.07) is 6.47. The lowest BCUT2D eigenvalue weighted by molar-refractivity contribution is 0.867. The van der Waals surface area contributed by atoms with Crippen LogP contribution in [0.2, 0.25) is 0 Å². The lowest BCUT2D eigenvalue weighted by Gasteiger charge is -2.16. The Kier molecular flexibility index (Phi) is 1.97. The van der Waals surface area contributed by atoms with Crippen molar-refractivity contribution in [2.24, 2.45) is 0 Å². The topological polar surface area (TPSA) is 24.1 Å². The number of benzene rings is 1. The fraction of sp³-hybridized carbons (Fsp3) is 0.273. The monoisotopic (exact) mass is 174 g/mol. The van der Waals surface area contributed by atoms with Crippen LogP contribution in [0, 0.1) is 0 Å². The van der Waals surface area contributed by atoms with Gasteiger partial charge < -0.3 is 10.6 Å². The normalized spacial score (nSPS) is 13.5. The van der Waals surface area contributed by atoms with Gasteiger partial charge in [-0.05, 0) is 23.6 Å². The van der Waals surface area contributed by atoms with Crippen molar-refractivity contribution in [1.82, 2.24) is 0 Å². The van der Waals surface area contributed by atoms with Crippen LogP contribution >= 0.6 is 0 Å². The Morgan fingerprint density at radius 1 is 1.00 bits per heavy atom. The number of anilines is 2. The molecule has 0 saturated heterocycles. The van der Waals surface area contributed by atoms with Gasteiger partial charge in [0.2, 0.25) is 0 Å². The van der Waals surface area contributed by atoms with E-state index in [1.54, 1.807) is 0 Å². The Balaban J connectivity index is 2.38. The Morgan fingerprint density at radius 2 is 1.69 bits per heavy atom. The predicted molar refractivity (Wildman–Crippen MR) is 56.9 cm³/mol. The van der Waals surface area contributed by atoms with Crippen LogP contribution in [0.15, 0.2) is 30.6 Å². The summed E-state index contributed by atoms with van der Waals surface area (Å²) >= 11 is 0. The van der Waals surface area contributed by atoms with Gasteiger partial charge in [-0.25, -0.2) is 0 Å². The van der Waals surface area contributed by atoms with Crippen LogP contribution in [-0.2, 0) is 0 Å². The third-order valence-corrected chi connectivity index (χ3v) is 2.27. The molecule has 2 rings (SSSR count). The summed E-state index contributed by atoms with van der Waals surface area (Å²) < 4.78 is 0. The van der Waals surface area contributed by atoms with E-state index in [-0.39, 0.29) is 0 Å². The average molecular weight is 174 g/mol. The van der Waals surface area contributed by atoms with E-state index in [1.807, 2.05) is 12.4 Å². The molecule has 0 saturated carbocycles. The quantitative estimate of drug-likeness (QED) is 0.683. The molecule has 0 atom stereocenters. The first-order chi connectivity index (χ1) is 6.27. The first-order valence-corrected chi connectivity index (χ1v) is 4.59.